The fourth-order valence-corrected chi connectivity index (χ4v) is 6.33. The maximum Gasteiger partial charge on any atom is 0.142 e. The van der Waals surface area contributed by atoms with Crippen LogP contribution >= 0.6 is 11.3 Å². The molecule has 0 N–H and O–H groups in total. The number of aryl methyl sites for hydroxylation is 2. The average molecular weight is 462 g/mol. The third-order valence-electron chi connectivity index (χ3n) is 6.70. The largest absolute Gasteiger partial charge is 0.461 e. The normalized spacial score (nSPS) is 12.3. The number of aromatic nitrogens is 1. The molecule has 0 atom stereocenters. The van der Waals surface area contributed by atoms with Crippen LogP contribution in [-0.2, 0) is 5.41 Å². The second-order valence-corrected chi connectivity index (χ2v) is 11.2. The topological polar surface area (TPSA) is 26.0 Å². The van der Waals surface area contributed by atoms with E-state index in [0.29, 0.717) is 0 Å². The van der Waals surface area contributed by atoms with Crippen LogP contribution in [0.25, 0.3) is 53.5 Å². The molecular weight excluding hydrogens is 434 g/mol. The summed E-state index contributed by atoms with van der Waals surface area (Å²) in [5, 5.41) is 4.95. The first-order valence-corrected chi connectivity index (χ1v) is 12.5. The van der Waals surface area contributed by atoms with E-state index >= 15 is 0 Å². The van der Waals surface area contributed by atoms with Crippen molar-refractivity contribution in [2.45, 2.75) is 40.0 Å². The molecule has 0 bridgehead atoms. The van der Waals surface area contributed by atoms with Crippen molar-refractivity contribution >= 4 is 43.2 Å². The van der Waals surface area contributed by atoms with Crippen molar-refractivity contribution in [3.63, 3.8) is 0 Å². The van der Waals surface area contributed by atoms with Crippen LogP contribution in [0.5, 0.6) is 0 Å². The fourth-order valence-electron chi connectivity index (χ4n) is 5.11. The van der Waals surface area contributed by atoms with Gasteiger partial charge in [-0.1, -0.05) is 57.2 Å². The molecule has 0 aliphatic heterocycles. The van der Waals surface area contributed by atoms with Gasteiger partial charge in [0.05, 0.1) is 5.69 Å². The van der Waals surface area contributed by atoms with E-state index in [9.17, 15) is 0 Å². The molecular formula is C31H27NOS. The highest BCUT2D eigenvalue weighted by atomic mass is 32.1. The maximum atomic E-state index is 6.11. The highest BCUT2D eigenvalue weighted by Crippen LogP contribution is 2.45. The molecule has 34 heavy (non-hydrogen) atoms. The van der Waals surface area contributed by atoms with E-state index < -0.39 is 0 Å². The lowest BCUT2D eigenvalue weighted by Crippen LogP contribution is -2.12. The number of hydrogen-bond acceptors (Lipinski definition) is 3. The van der Waals surface area contributed by atoms with Crippen molar-refractivity contribution in [1.29, 1.82) is 0 Å². The Balaban J connectivity index is 1.63. The van der Waals surface area contributed by atoms with Crippen LogP contribution in [0.15, 0.2) is 77.3 Å². The van der Waals surface area contributed by atoms with E-state index in [1.54, 1.807) is 0 Å². The molecule has 0 spiro atoms. The summed E-state index contributed by atoms with van der Waals surface area (Å²) in [6.45, 7) is 11.1. The molecule has 3 aromatic carbocycles. The van der Waals surface area contributed by atoms with Crippen molar-refractivity contribution in [3.8, 4) is 21.7 Å². The molecule has 0 radical (unpaired) electrons. The summed E-state index contributed by atoms with van der Waals surface area (Å²) in [6.07, 6.45) is 1.95. The molecule has 0 unspecified atom stereocenters. The Morgan fingerprint density at radius 3 is 2.47 bits per heavy atom. The first-order valence-electron chi connectivity index (χ1n) is 11.7. The molecule has 0 amide bonds. The smallest absolute Gasteiger partial charge is 0.142 e. The minimum absolute atomic E-state index is 0.0329. The Hall–Kier alpha value is -3.43. The minimum atomic E-state index is 0.0329. The third kappa shape index (κ3) is 3.26. The van der Waals surface area contributed by atoms with Gasteiger partial charge >= 0.3 is 0 Å². The third-order valence-corrected chi connectivity index (χ3v) is 7.99. The van der Waals surface area contributed by atoms with Crippen LogP contribution in [0, 0.1) is 13.8 Å². The van der Waals surface area contributed by atoms with Crippen molar-refractivity contribution < 1.29 is 4.42 Å². The number of fused-ring (bicyclic) bond motifs is 3. The molecule has 3 heterocycles. The van der Waals surface area contributed by atoms with E-state index in [-0.39, 0.29) is 5.41 Å². The van der Waals surface area contributed by atoms with Crippen molar-refractivity contribution in [2.75, 3.05) is 0 Å². The van der Waals surface area contributed by atoms with Gasteiger partial charge in [0.25, 0.3) is 0 Å². The van der Waals surface area contributed by atoms with Gasteiger partial charge in [-0.3, -0.25) is 4.98 Å². The van der Waals surface area contributed by atoms with Gasteiger partial charge in [-0.2, -0.15) is 0 Å². The van der Waals surface area contributed by atoms with E-state index in [0.717, 1.165) is 28.0 Å². The average Bonchev–Trinajstić information content (AvgIpc) is 3.36. The van der Waals surface area contributed by atoms with Crippen LogP contribution < -0.4 is 0 Å². The summed E-state index contributed by atoms with van der Waals surface area (Å²) >= 11 is 1.82. The maximum absolute atomic E-state index is 6.11. The number of rotatable bonds is 2. The van der Waals surface area contributed by atoms with Gasteiger partial charge in [0, 0.05) is 37.7 Å². The molecule has 168 valence electrons. The molecule has 0 aliphatic carbocycles. The van der Waals surface area contributed by atoms with Gasteiger partial charge in [0.2, 0.25) is 0 Å². The van der Waals surface area contributed by atoms with Crippen LogP contribution in [-0.4, -0.2) is 4.98 Å². The summed E-state index contributed by atoms with van der Waals surface area (Å²) in [5.74, 6) is 0.939. The molecule has 6 aromatic rings. The SMILES string of the molecule is Cc1cc2cccc(-c3sc4ccnc(-c5cc(C(C)(C)C)c6ccccc6c5)c4c3C)c2o1. The van der Waals surface area contributed by atoms with Crippen molar-refractivity contribution in [3.05, 3.63) is 89.8 Å². The van der Waals surface area contributed by atoms with Gasteiger partial charge < -0.3 is 4.42 Å². The molecule has 3 heteroatoms. The number of nitrogens with zero attached hydrogens (tertiary/aromatic N) is 1. The predicted octanol–water partition coefficient (Wildman–Crippen LogP) is 9.44. The quantitative estimate of drug-likeness (QED) is 0.257. The molecule has 3 aromatic heterocycles. The minimum Gasteiger partial charge on any atom is -0.461 e. The van der Waals surface area contributed by atoms with Crippen LogP contribution in [0.3, 0.4) is 0 Å². The van der Waals surface area contributed by atoms with Gasteiger partial charge in [0.15, 0.2) is 0 Å². The Morgan fingerprint density at radius 2 is 1.65 bits per heavy atom. The summed E-state index contributed by atoms with van der Waals surface area (Å²) in [5.41, 5.74) is 6.99. The van der Waals surface area contributed by atoms with Gasteiger partial charge in [0.1, 0.15) is 11.3 Å². The number of hydrogen-bond donors (Lipinski definition) is 0. The second-order valence-electron chi connectivity index (χ2n) is 10.2. The van der Waals surface area contributed by atoms with Crippen LogP contribution in [0.2, 0.25) is 0 Å². The lowest BCUT2D eigenvalue weighted by Gasteiger charge is -2.23. The zero-order valence-electron chi connectivity index (χ0n) is 20.2. The first kappa shape index (κ1) is 21.1. The zero-order valence-corrected chi connectivity index (χ0v) is 21.0. The summed E-state index contributed by atoms with van der Waals surface area (Å²) in [7, 11) is 0. The number of pyridine rings is 1. The van der Waals surface area contributed by atoms with Crippen LogP contribution in [0.4, 0.5) is 0 Å². The molecule has 0 aliphatic rings. The highest BCUT2D eigenvalue weighted by Gasteiger charge is 2.22. The Labute approximate surface area is 203 Å². The number of furan rings is 1. The van der Waals surface area contributed by atoms with E-state index in [4.69, 9.17) is 9.40 Å². The Bertz CT molecular complexity index is 1710. The Kier molecular flexibility index (Phi) is 4.69. The predicted molar refractivity (Wildman–Crippen MR) is 146 cm³/mol. The molecule has 0 saturated carbocycles. The molecule has 0 fully saturated rings. The number of thiophene rings is 1. The molecule has 2 nitrogen and oxygen atoms in total. The highest BCUT2D eigenvalue weighted by molar-refractivity contribution is 7.22. The van der Waals surface area contributed by atoms with Gasteiger partial charge in [-0.05, 0) is 71.5 Å². The summed E-state index contributed by atoms with van der Waals surface area (Å²) in [6, 6.07) is 24.0. The van der Waals surface area contributed by atoms with E-state index in [1.807, 2.05) is 24.5 Å². The van der Waals surface area contributed by atoms with Crippen LogP contribution in [0.1, 0.15) is 37.7 Å². The monoisotopic (exact) mass is 461 g/mol. The fraction of sp³-hybridized carbons (Fsp3) is 0.194. The lowest BCUT2D eigenvalue weighted by molar-refractivity contribution is 0.579. The van der Waals surface area contributed by atoms with Crippen molar-refractivity contribution in [2.24, 2.45) is 0 Å². The Morgan fingerprint density at radius 1 is 0.853 bits per heavy atom. The molecule has 0 saturated heterocycles. The summed E-state index contributed by atoms with van der Waals surface area (Å²) in [4.78, 5) is 6.18. The van der Waals surface area contributed by atoms with Gasteiger partial charge in [-0.15, -0.1) is 11.3 Å². The standard InChI is InChI=1S/C31H27NOS/c1-18-15-21-10-8-12-24(29(21)33-18)30-19(2)27-26(34-30)13-14-32-28(27)22-16-20-9-6-7-11-23(20)25(17-22)31(3,4)5/h6-17H,1-5H3. The summed E-state index contributed by atoms with van der Waals surface area (Å²) < 4.78 is 7.36. The molecule has 6 rings (SSSR count). The van der Waals surface area contributed by atoms with Gasteiger partial charge in [-0.25, -0.2) is 0 Å². The van der Waals surface area contributed by atoms with Crippen molar-refractivity contribution in [1.82, 2.24) is 4.98 Å². The van der Waals surface area contributed by atoms with E-state index in [2.05, 4.69) is 94.4 Å². The van der Waals surface area contributed by atoms with E-state index in [1.165, 1.54) is 42.4 Å². The second kappa shape index (κ2) is 7.54. The zero-order chi connectivity index (χ0) is 23.6. The first-order chi connectivity index (χ1) is 16.3. The number of benzene rings is 3. The number of para-hydroxylation sites is 1. The lowest BCUT2D eigenvalue weighted by atomic mass is 9.82.